The molecule has 0 aromatic heterocycles. The van der Waals surface area contributed by atoms with Crippen LogP contribution in [-0.2, 0) is 0 Å². The fraction of sp³-hybridized carbons (Fsp3) is 1.00. The summed E-state index contributed by atoms with van der Waals surface area (Å²) in [5, 5.41) is 0. The zero-order chi connectivity index (χ0) is 16.5. The van der Waals surface area contributed by atoms with Crippen LogP contribution >= 0.6 is 7.92 Å². The standard InChI is InChI=1S/C21H45P/c1-5-8-9-10-11-12-13-14-15-16-21(4)17-20-22(18-6-2)19-7-3/h21H,5-20H2,1-4H3. The average Bonchev–Trinajstić information content (AvgIpc) is 2.51. The quantitative estimate of drug-likeness (QED) is 0.186. The van der Waals surface area contributed by atoms with Gasteiger partial charge in [-0.1, -0.05) is 105 Å². The first-order chi connectivity index (χ1) is 10.7. The Labute approximate surface area is 144 Å². The van der Waals surface area contributed by atoms with Gasteiger partial charge in [-0.05, 0) is 30.8 Å². The van der Waals surface area contributed by atoms with Gasteiger partial charge in [-0.2, -0.15) is 0 Å². The molecule has 1 atom stereocenters. The predicted octanol–water partition coefficient (Wildman–Crippen LogP) is 8.24. The van der Waals surface area contributed by atoms with Crippen molar-refractivity contribution >= 4 is 7.92 Å². The molecule has 22 heavy (non-hydrogen) atoms. The van der Waals surface area contributed by atoms with Gasteiger partial charge in [-0.3, -0.25) is 0 Å². The molecule has 0 aliphatic carbocycles. The lowest BCUT2D eigenvalue weighted by Gasteiger charge is -2.19. The lowest BCUT2D eigenvalue weighted by Crippen LogP contribution is -2.01. The third kappa shape index (κ3) is 15.3. The molecule has 0 bridgehead atoms. The van der Waals surface area contributed by atoms with E-state index >= 15 is 0 Å². The molecule has 0 N–H and O–H groups in total. The Balaban J connectivity index is 3.39. The molecule has 1 heteroatoms. The largest absolute Gasteiger partial charge is 0.107 e. The van der Waals surface area contributed by atoms with Crippen LogP contribution in [0.4, 0.5) is 0 Å². The highest BCUT2D eigenvalue weighted by Gasteiger charge is 2.09. The van der Waals surface area contributed by atoms with Crippen molar-refractivity contribution < 1.29 is 0 Å². The maximum Gasteiger partial charge on any atom is -0.0323 e. The van der Waals surface area contributed by atoms with Crippen molar-refractivity contribution in [1.29, 1.82) is 0 Å². The van der Waals surface area contributed by atoms with Gasteiger partial charge >= 0.3 is 0 Å². The van der Waals surface area contributed by atoms with Crippen molar-refractivity contribution in [3.8, 4) is 0 Å². The van der Waals surface area contributed by atoms with Gasteiger partial charge in [0.05, 0.1) is 0 Å². The van der Waals surface area contributed by atoms with E-state index in [9.17, 15) is 0 Å². The summed E-state index contributed by atoms with van der Waals surface area (Å²) < 4.78 is 0. The summed E-state index contributed by atoms with van der Waals surface area (Å²) in [5.41, 5.74) is 0. The Morgan fingerprint density at radius 3 is 1.55 bits per heavy atom. The number of hydrogen-bond acceptors (Lipinski definition) is 0. The fourth-order valence-corrected chi connectivity index (χ4v) is 6.06. The van der Waals surface area contributed by atoms with Crippen LogP contribution in [0, 0.1) is 5.92 Å². The van der Waals surface area contributed by atoms with Gasteiger partial charge in [-0.15, -0.1) is 7.92 Å². The zero-order valence-corrected chi connectivity index (χ0v) is 17.2. The first kappa shape index (κ1) is 22.4. The summed E-state index contributed by atoms with van der Waals surface area (Å²) in [7, 11) is 0.375. The molecular weight excluding hydrogens is 283 g/mol. The van der Waals surface area contributed by atoms with Gasteiger partial charge in [0, 0.05) is 0 Å². The highest BCUT2D eigenvalue weighted by Crippen LogP contribution is 2.38. The molecule has 0 saturated heterocycles. The Morgan fingerprint density at radius 1 is 0.545 bits per heavy atom. The van der Waals surface area contributed by atoms with E-state index in [0.29, 0.717) is 7.92 Å². The van der Waals surface area contributed by atoms with Crippen molar-refractivity contribution in [1.82, 2.24) is 0 Å². The molecular formula is C21H45P. The van der Waals surface area contributed by atoms with Crippen molar-refractivity contribution in [3.05, 3.63) is 0 Å². The number of unbranched alkanes of at least 4 members (excludes halogenated alkanes) is 8. The molecule has 0 nitrogen and oxygen atoms in total. The molecule has 0 heterocycles. The summed E-state index contributed by atoms with van der Waals surface area (Å²) in [4.78, 5) is 0. The second-order valence-corrected chi connectivity index (χ2v) is 10.0. The topological polar surface area (TPSA) is 0 Å². The van der Waals surface area contributed by atoms with Gasteiger partial charge in [-0.25, -0.2) is 0 Å². The van der Waals surface area contributed by atoms with E-state index in [1.165, 1.54) is 95.8 Å². The minimum Gasteiger partial charge on any atom is -0.107 e. The molecule has 0 fully saturated rings. The first-order valence-corrected chi connectivity index (χ1v) is 12.4. The second kappa shape index (κ2) is 17.8. The van der Waals surface area contributed by atoms with Crippen molar-refractivity contribution in [2.45, 2.75) is 111 Å². The van der Waals surface area contributed by atoms with Crippen LogP contribution in [0.5, 0.6) is 0 Å². The molecule has 0 radical (unpaired) electrons. The maximum absolute atomic E-state index is 2.50. The Bertz CT molecular complexity index is 196. The van der Waals surface area contributed by atoms with E-state index in [0.717, 1.165) is 5.92 Å². The van der Waals surface area contributed by atoms with Crippen molar-refractivity contribution in [3.63, 3.8) is 0 Å². The molecule has 0 spiro atoms. The average molecular weight is 329 g/mol. The minimum atomic E-state index is 0.375. The van der Waals surface area contributed by atoms with Gasteiger partial charge in [0.15, 0.2) is 0 Å². The molecule has 0 aromatic carbocycles. The van der Waals surface area contributed by atoms with E-state index in [2.05, 4.69) is 27.7 Å². The van der Waals surface area contributed by atoms with Crippen LogP contribution in [0.25, 0.3) is 0 Å². The Hall–Kier alpha value is 0.430. The third-order valence-electron chi connectivity index (χ3n) is 4.82. The van der Waals surface area contributed by atoms with Crippen LogP contribution in [0.15, 0.2) is 0 Å². The summed E-state index contributed by atoms with van der Waals surface area (Å²) in [6.07, 6.45) is 23.5. The Kier molecular flexibility index (Phi) is 18.1. The monoisotopic (exact) mass is 328 g/mol. The van der Waals surface area contributed by atoms with Crippen molar-refractivity contribution in [2.75, 3.05) is 18.5 Å². The summed E-state index contributed by atoms with van der Waals surface area (Å²) in [6, 6.07) is 0. The summed E-state index contributed by atoms with van der Waals surface area (Å²) in [5.74, 6) is 0.975. The third-order valence-corrected chi connectivity index (χ3v) is 7.87. The van der Waals surface area contributed by atoms with Gasteiger partial charge in [0.1, 0.15) is 0 Å². The van der Waals surface area contributed by atoms with E-state index in [-0.39, 0.29) is 0 Å². The van der Waals surface area contributed by atoms with Crippen LogP contribution in [-0.4, -0.2) is 18.5 Å². The minimum absolute atomic E-state index is 0.375. The highest BCUT2D eigenvalue weighted by molar-refractivity contribution is 7.57. The summed E-state index contributed by atoms with van der Waals surface area (Å²) >= 11 is 0. The second-order valence-electron chi connectivity index (χ2n) is 7.35. The molecule has 0 aliphatic rings. The highest BCUT2D eigenvalue weighted by atomic mass is 31.1. The normalized spacial score (nSPS) is 13.0. The first-order valence-electron chi connectivity index (χ1n) is 10.5. The van der Waals surface area contributed by atoms with Gasteiger partial charge in [0.25, 0.3) is 0 Å². The zero-order valence-electron chi connectivity index (χ0n) is 16.3. The van der Waals surface area contributed by atoms with E-state index in [1.807, 2.05) is 0 Å². The number of rotatable bonds is 17. The van der Waals surface area contributed by atoms with E-state index < -0.39 is 0 Å². The van der Waals surface area contributed by atoms with Crippen LogP contribution in [0.1, 0.15) is 111 Å². The SMILES string of the molecule is CCCCCCCCCCCC(C)CCP(CCC)CCC. The van der Waals surface area contributed by atoms with Crippen LogP contribution in [0.3, 0.4) is 0 Å². The molecule has 0 amide bonds. The molecule has 0 aliphatic heterocycles. The predicted molar refractivity (Wildman–Crippen MR) is 108 cm³/mol. The van der Waals surface area contributed by atoms with Crippen LogP contribution < -0.4 is 0 Å². The molecule has 0 rings (SSSR count). The van der Waals surface area contributed by atoms with E-state index in [1.54, 1.807) is 6.16 Å². The fourth-order valence-electron chi connectivity index (χ4n) is 3.32. The smallest absolute Gasteiger partial charge is 0.0323 e. The number of hydrogen-bond donors (Lipinski definition) is 0. The molecule has 0 aromatic rings. The molecule has 0 saturated carbocycles. The summed E-state index contributed by atoms with van der Waals surface area (Å²) in [6.45, 7) is 9.51. The molecule has 1 unspecified atom stereocenters. The lowest BCUT2D eigenvalue weighted by atomic mass is 9.99. The Morgan fingerprint density at radius 2 is 1.05 bits per heavy atom. The maximum atomic E-state index is 2.50. The van der Waals surface area contributed by atoms with Crippen LogP contribution in [0.2, 0.25) is 0 Å². The van der Waals surface area contributed by atoms with E-state index in [4.69, 9.17) is 0 Å². The van der Waals surface area contributed by atoms with Crippen molar-refractivity contribution in [2.24, 2.45) is 5.92 Å². The molecule has 134 valence electrons. The lowest BCUT2D eigenvalue weighted by molar-refractivity contribution is 0.471. The van der Waals surface area contributed by atoms with Gasteiger partial charge < -0.3 is 0 Å². The van der Waals surface area contributed by atoms with Gasteiger partial charge in [0.2, 0.25) is 0 Å².